The maximum atomic E-state index is 11.3. The summed E-state index contributed by atoms with van der Waals surface area (Å²) in [5.41, 5.74) is -0.767. The topological polar surface area (TPSA) is 72.6 Å². The molecule has 0 amide bonds. The molecule has 2 heterocycles. The van der Waals surface area contributed by atoms with Crippen molar-refractivity contribution in [3.05, 3.63) is 53.7 Å². The lowest BCUT2D eigenvalue weighted by molar-refractivity contribution is 0.0522. The van der Waals surface area contributed by atoms with Crippen molar-refractivity contribution < 1.29 is 19.1 Å². The first-order valence-electron chi connectivity index (χ1n) is 5.37. The quantitative estimate of drug-likeness (QED) is 0.836. The Balaban J connectivity index is 2.36. The maximum absolute atomic E-state index is 11.3. The Hall–Kier alpha value is -2.14. The van der Waals surface area contributed by atoms with E-state index in [0.717, 1.165) is 0 Å². The van der Waals surface area contributed by atoms with Crippen LogP contribution in [0, 0.1) is 0 Å². The molecule has 5 nitrogen and oxygen atoms in total. The molecule has 1 unspecified atom stereocenters. The molecule has 0 bridgehead atoms. The molecular weight excluding hydrogens is 234 g/mol. The van der Waals surface area contributed by atoms with E-state index in [-0.39, 0.29) is 11.5 Å². The Labute approximate surface area is 104 Å². The monoisotopic (exact) mass is 247 g/mol. The van der Waals surface area contributed by atoms with Crippen molar-refractivity contribution in [3.63, 3.8) is 0 Å². The molecule has 0 radical (unpaired) electrons. The third-order valence-corrected chi connectivity index (χ3v) is 2.70. The van der Waals surface area contributed by atoms with E-state index in [1.165, 1.54) is 13.2 Å². The number of rotatable bonds is 3. The van der Waals surface area contributed by atoms with Gasteiger partial charge in [0.15, 0.2) is 0 Å². The van der Waals surface area contributed by atoms with Gasteiger partial charge < -0.3 is 14.3 Å². The molecule has 2 rings (SSSR count). The highest BCUT2D eigenvalue weighted by molar-refractivity contribution is 5.86. The number of hydrogen-bond donors (Lipinski definition) is 1. The number of carbonyl (C=O) groups is 1. The summed E-state index contributed by atoms with van der Waals surface area (Å²) in [6, 6.07) is 6.45. The SMILES string of the molecule is COC(=O)c1ccc(C(C)(O)c2cccnc2)o1. The molecule has 0 fully saturated rings. The van der Waals surface area contributed by atoms with Gasteiger partial charge in [0.05, 0.1) is 7.11 Å². The molecule has 0 saturated heterocycles. The van der Waals surface area contributed by atoms with Crippen LogP contribution in [-0.4, -0.2) is 23.2 Å². The fourth-order valence-corrected chi connectivity index (χ4v) is 1.60. The molecule has 0 aliphatic carbocycles. The van der Waals surface area contributed by atoms with E-state index < -0.39 is 11.6 Å². The van der Waals surface area contributed by atoms with Gasteiger partial charge in [-0.2, -0.15) is 0 Å². The van der Waals surface area contributed by atoms with Crippen molar-refractivity contribution >= 4 is 5.97 Å². The summed E-state index contributed by atoms with van der Waals surface area (Å²) in [7, 11) is 1.27. The van der Waals surface area contributed by atoms with Crippen LogP contribution in [0.5, 0.6) is 0 Å². The maximum Gasteiger partial charge on any atom is 0.373 e. The first-order valence-corrected chi connectivity index (χ1v) is 5.37. The van der Waals surface area contributed by atoms with Crippen LogP contribution < -0.4 is 0 Å². The van der Waals surface area contributed by atoms with Gasteiger partial charge in [-0.25, -0.2) is 4.79 Å². The van der Waals surface area contributed by atoms with Crippen LogP contribution in [0.3, 0.4) is 0 Å². The highest BCUT2D eigenvalue weighted by atomic mass is 16.5. The highest BCUT2D eigenvalue weighted by Gasteiger charge is 2.30. The molecule has 1 N–H and O–H groups in total. The lowest BCUT2D eigenvalue weighted by atomic mass is 9.95. The van der Waals surface area contributed by atoms with E-state index in [1.807, 2.05) is 0 Å². The fraction of sp³-hybridized carbons (Fsp3) is 0.231. The first-order chi connectivity index (χ1) is 8.55. The lowest BCUT2D eigenvalue weighted by Gasteiger charge is -2.20. The Morgan fingerprint density at radius 1 is 1.44 bits per heavy atom. The highest BCUT2D eigenvalue weighted by Crippen LogP contribution is 2.29. The summed E-state index contributed by atoms with van der Waals surface area (Å²) in [5.74, 6) is -0.268. The van der Waals surface area contributed by atoms with E-state index in [9.17, 15) is 9.90 Å². The number of ether oxygens (including phenoxy) is 1. The largest absolute Gasteiger partial charge is 0.463 e. The summed E-state index contributed by atoms with van der Waals surface area (Å²) in [6.07, 6.45) is 3.15. The minimum Gasteiger partial charge on any atom is -0.463 e. The van der Waals surface area contributed by atoms with Crippen molar-refractivity contribution in [2.45, 2.75) is 12.5 Å². The minimum atomic E-state index is -1.35. The average molecular weight is 247 g/mol. The Morgan fingerprint density at radius 3 is 2.83 bits per heavy atom. The average Bonchev–Trinajstić information content (AvgIpc) is 2.89. The molecule has 0 aliphatic rings. The van der Waals surface area contributed by atoms with Gasteiger partial charge in [0.25, 0.3) is 0 Å². The summed E-state index contributed by atoms with van der Waals surface area (Å²) >= 11 is 0. The second-order valence-corrected chi connectivity index (χ2v) is 3.97. The third-order valence-electron chi connectivity index (χ3n) is 2.70. The second-order valence-electron chi connectivity index (χ2n) is 3.97. The van der Waals surface area contributed by atoms with Crippen molar-refractivity contribution in [2.24, 2.45) is 0 Å². The molecule has 0 spiro atoms. The van der Waals surface area contributed by atoms with Crippen molar-refractivity contribution in [1.82, 2.24) is 4.98 Å². The Morgan fingerprint density at radius 2 is 2.22 bits per heavy atom. The fourth-order valence-electron chi connectivity index (χ4n) is 1.60. The lowest BCUT2D eigenvalue weighted by Crippen LogP contribution is -2.22. The molecule has 2 aromatic heterocycles. The van der Waals surface area contributed by atoms with Gasteiger partial charge in [-0.1, -0.05) is 6.07 Å². The number of carbonyl (C=O) groups excluding carboxylic acids is 1. The smallest absolute Gasteiger partial charge is 0.373 e. The number of hydrogen-bond acceptors (Lipinski definition) is 5. The van der Waals surface area contributed by atoms with Gasteiger partial charge in [0.1, 0.15) is 11.4 Å². The number of methoxy groups -OCH3 is 1. The van der Waals surface area contributed by atoms with Gasteiger partial charge in [-0.05, 0) is 25.1 Å². The summed E-state index contributed by atoms with van der Waals surface area (Å²) in [4.78, 5) is 15.2. The van der Waals surface area contributed by atoms with Gasteiger partial charge in [0, 0.05) is 18.0 Å². The normalized spacial score (nSPS) is 13.9. The number of esters is 1. The Kier molecular flexibility index (Phi) is 3.16. The van der Waals surface area contributed by atoms with E-state index in [2.05, 4.69) is 9.72 Å². The van der Waals surface area contributed by atoms with Crippen LogP contribution in [-0.2, 0) is 10.3 Å². The number of pyridine rings is 1. The van der Waals surface area contributed by atoms with E-state index in [4.69, 9.17) is 4.42 Å². The predicted octanol–water partition coefficient (Wildman–Crippen LogP) is 1.72. The van der Waals surface area contributed by atoms with Crippen molar-refractivity contribution in [3.8, 4) is 0 Å². The molecule has 5 heteroatoms. The third kappa shape index (κ3) is 2.12. The molecule has 0 aliphatic heterocycles. The number of furan rings is 1. The first kappa shape index (κ1) is 12.3. The van der Waals surface area contributed by atoms with Gasteiger partial charge >= 0.3 is 5.97 Å². The molecule has 0 aromatic carbocycles. The molecule has 0 saturated carbocycles. The molecule has 1 atom stereocenters. The molecular formula is C13H13NO4. The minimum absolute atomic E-state index is 0.0525. The van der Waals surface area contributed by atoms with Crippen molar-refractivity contribution in [1.29, 1.82) is 0 Å². The van der Waals surface area contributed by atoms with Crippen LogP contribution in [0.2, 0.25) is 0 Å². The van der Waals surface area contributed by atoms with Gasteiger partial charge in [-0.3, -0.25) is 4.98 Å². The predicted molar refractivity (Wildman–Crippen MR) is 63.0 cm³/mol. The molecule has 2 aromatic rings. The number of aromatic nitrogens is 1. The van der Waals surface area contributed by atoms with E-state index >= 15 is 0 Å². The van der Waals surface area contributed by atoms with Gasteiger partial charge in [0.2, 0.25) is 5.76 Å². The zero-order valence-electron chi connectivity index (χ0n) is 10.1. The van der Waals surface area contributed by atoms with Crippen LogP contribution in [0.15, 0.2) is 41.1 Å². The number of nitrogens with zero attached hydrogens (tertiary/aromatic N) is 1. The second kappa shape index (κ2) is 4.62. The van der Waals surface area contributed by atoms with Gasteiger partial charge in [-0.15, -0.1) is 0 Å². The molecule has 94 valence electrons. The summed E-state index contributed by atoms with van der Waals surface area (Å²) < 4.78 is 9.84. The van der Waals surface area contributed by atoms with E-state index in [1.54, 1.807) is 37.5 Å². The van der Waals surface area contributed by atoms with Crippen LogP contribution in [0.4, 0.5) is 0 Å². The van der Waals surface area contributed by atoms with Crippen molar-refractivity contribution in [2.75, 3.05) is 7.11 Å². The van der Waals surface area contributed by atoms with Crippen LogP contribution >= 0.6 is 0 Å². The summed E-state index contributed by atoms with van der Waals surface area (Å²) in [5, 5.41) is 10.4. The zero-order valence-corrected chi connectivity index (χ0v) is 10.1. The summed E-state index contributed by atoms with van der Waals surface area (Å²) in [6.45, 7) is 1.57. The Bertz CT molecular complexity index is 545. The number of aliphatic hydroxyl groups is 1. The van der Waals surface area contributed by atoms with Crippen LogP contribution in [0.25, 0.3) is 0 Å². The zero-order chi connectivity index (χ0) is 13.2. The van der Waals surface area contributed by atoms with Crippen LogP contribution in [0.1, 0.15) is 28.8 Å². The molecule has 18 heavy (non-hydrogen) atoms. The standard InChI is InChI=1S/C13H13NO4/c1-13(16,9-4-3-7-14-8-9)11-6-5-10(18-11)12(15)17-2/h3-8,16H,1-2H3. The van der Waals surface area contributed by atoms with E-state index in [0.29, 0.717) is 5.56 Å².